The van der Waals surface area contributed by atoms with Crippen molar-refractivity contribution in [3.63, 3.8) is 0 Å². The molecule has 2 aliphatic carbocycles. The van der Waals surface area contributed by atoms with Crippen LogP contribution in [0.3, 0.4) is 0 Å². The van der Waals surface area contributed by atoms with Gasteiger partial charge in [-0.25, -0.2) is 4.98 Å². The van der Waals surface area contributed by atoms with Gasteiger partial charge in [0, 0.05) is 43.5 Å². The number of H-pyrrole nitrogens is 1. The van der Waals surface area contributed by atoms with Crippen molar-refractivity contribution in [1.29, 1.82) is 0 Å². The summed E-state index contributed by atoms with van der Waals surface area (Å²) in [5.74, 6) is 0.578. The highest BCUT2D eigenvalue weighted by Crippen LogP contribution is 2.43. The highest BCUT2D eigenvalue weighted by atomic mass is 32.2. The number of hydrogen-bond donors (Lipinski definition) is 5. The van der Waals surface area contributed by atoms with Gasteiger partial charge in [-0.1, -0.05) is 17.4 Å². The molecule has 0 spiro atoms. The minimum atomic E-state index is -3.56. The first kappa shape index (κ1) is 24.9. The van der Waals surface area contributed by atoms with Crippen molar-refractivity contribution in [3.05, 3.63) is 29.5 Å². The summed E-state index contributed by atoms with van der Waals surface area (Å²) in [5.41, 5.74) is 3.81. The zero-order valence-corrected chi connectivity index (χ0v) is 21.9. The van der Waals surface area contributed by atoms with Crippen molar-refractivity contribution in [2.75, 3.05) is 31.6 Å². The van der Waals surface area contributed by atoms with E-state index in [2.05, 4.69) is 36.3 Å². The first-order valence-electron chi connectivity index (χ1n) is 12.7. The second-order valence-electron chi connectivity index (χ2n) is 10.1. The third-order valence-electron chi connectivity index (χ3n) is 7.70. The molecule has 13 heteroatoms. The number of nitrogens with zero attached hydrogens (tertiary/aromatic N) is 4. The molecule has 37 heavy (non-hydrogen) atoms. The summed E-state index contributed by atoms with van der Waals surface area (Å²) < 4.78 is 29.0. The van der Waals surface area contributed by atoms with Crippen molar-refractivity contribution >= 4 is 43.8 Å². The maximum absolute atomic E-state index is 12.5. The second kappa shape index (κ2) is 10.0. The molecule has 2 unspecified atom stereocenters. The lowest BCUT2D eigenvalue weighted by atomic mass is 9.98. The van der Waals surface area contributed by atoms with Crippen molar-refractivity contribution in [1.82, 2.24) is 29.2 Å². The fourth-order valence-corrected chi connectivity index (χ4v) is 8.08. The number of allylic oxidation sites excluding steroid dienone is 1. The molecule has 0 amide bonds. The number of aliphatic hydroxyl groups is 2. The van der Waals surface area contributed by atoms with E-state index in [4.69, 9.17) is 5.11 Å². The third-order valence-corrected chi connectivity index (χ3v) is 10.3. The number of aromatic nitrogens is 4. The molecule has 4 atom stereocenters. The molecule has 3 aromatic rings. The van der Waals surface area contributed by atoms with Crippen molar-refractivity contribution in [2.24, 2.45) is 11.8 Å². The van der Waals surface area contributed by atoms with Crippen LogP contribution in [0.5, 0.6) is 0 Å². The summed E-state index contributed by atoms with van der Waals surface area (Å²) >= 11 is 1.54. The van der Waals surface area contributed by atoms with Gasteiger partial charge in [-0.05, 0) is 55.6 Å². The minimum Gasteiger partial charge on any atom is -0.395 e. The molecule has 4 heterocycles. The predicted octanol–water partition coefficient (Wildman–Crippen LogP) is 1.96. The average Bonchev–Trinajstić information content (AvgIpc) is 3.67. The Morgan fingerprint density at radius 3 is 2.70 bits per heavy atom. The molecule has 5 N–H and O–H groups in total. The quantitative estimate of drug-likeness (QED) is 0.288. The normalized spacial score (nSPS) is 26.5. The summed E-state index contributed by atoms with van der Waals surface area (Å²) in [6, 6.07) is 2.22. The van der Waals surface area contributed by atoms with E-state index in [1.54, 1.807) is 11.3 Å². The number of pyridine rings is 1. The van der Waals surface area contributed by atoms with Crippen LogP contribution in [0, 0.1) is 11.8 Å². The van der Waals surface area contributed by atoms with Crippen molar-refractivity contribution in [2.45, 2.75) is 44.2 Å². The summed E-state index contributed by atoms with van der Waals surface area (Å²) in [4.78, 5) is 7.79. The van der Waals surface area contributed by atoms with Gasteiger partial charge in [-0.15, -0.1) is 10.2 Å². The van der Waals surface area contributed by atoms with E-state index in [0.717, 1.165) is 63.6 Å². The Morgan fingerprint density at radius 2 is 1.97 bits per heavy atom. The van der Waals surface area contributed by atoms with Gasteiger partial charge in [-0.2, -0.15) is 17.4 Å². The number of fused-ring (bicyclic) bond motifs is 2. The number of hydrogen-bond acceptors (Lipinski definition) is 9. The minimum absolute atomic E-state index is 0.0302. The summed E-state index contributed by atoms with van der Waals surface area (Å²) in [7, 11) is -3.56. The molecule has 0 aromatic carbocycles. The second-order valence-corrected chi connectivity index (χ2v) is 12.9. The molecular weight excluding hydrogens is 514 g/mol. The zero-order chi connectivity index (χ0) is 25.6. The molecular formula is C24H31N7O4S2. The highest BCUT2D eigenvalue weighted by Gasteiger charge is 2.44. The zero-order valence-electron chi connectivity index (χ0n) is 20.3. The lowest BCUT2D eigenvalue weighted by molar-refractivity contribution is 0.166. The number of nitrogens with one attached hydrogen (secondary N) is 3. The first-order valence-corrected chi connectivity index (χ1v) is 15.0. The number of aromatic amines is 1. The fraction of sp³-hybridized carbons (Fsp3) is 0.542. The van der Waals surface area contributed by atoms with Crippen LogP contribution in [0.25, 0.3) is 27.2 Å². The molecule has 6 rings (SSSR count). The van der Waals surface area contributed by atoms with E-state index >= 15 is 0 Å². The molecule has 2 fully saturated rings. The first-order chi connectivity index (χ1) is 17.9. The molecule has 1 saturated carbocycles. The van der Waals surface area contributed by atoms with Crippen molar-refractivity contribution < 1.29 is 18.6 Å². The predicted molar refractivity (Wildman–Crippen MR) is 142 cm³/mol. The van der Waals surface area contributed by atoms with E-state index in [0.29, 0.717) is 19.5 Å². The van der Waals surface area contributed by atoms with Gasteiger partial charge >= 0.3 is 0 Å². The van der Waals surface area contributed by atoms with Gasteiger partial charge in [0.1, 0.15) is 10.7 Å². The van der Waals surface area contributed by atoms with E-state index < -0.39 is 10.2 Å². The Morgan fingerprint density at radius 1 is 1.19 bits per heavy atom. The molecule has 198 valence electrons. The van der Waals surface area contributed by atoms with Gasteiger partial charge in [0.15, 0.2) is 5.01 Å². The molecule has 3 aromatic heterocycles. The van der Waals surface area contributed by atoms with E-state index in [1.165, 1.54) is 4.31 Å². The third kappa shape index (κ3) is 4.91. The monoisotopic (exact) mass is 545 g/mol. The number of rotatable bonds is 8. The van der Waals surface area contributed by atoms with Crippen LogP contribution < -0.4 is 10.0 Å². The Hall–Kier alpha value is -2.42. The van der Waals surface area contributed by atoms with Gasteiger partial charge in [0.2, 0.25) is 0 Å². The van der Waals surface area contributed by atoms with E-state index in [9.17, 15) is 13.5 Å². The van der Waals surface area contributed by atoms with Crippen LogP contribution in [-0.4, -0.2) is 81.5 Å². The number of anilines is 1. The van der Waals surface area contributed by atoms with Crippen LogP contribution >= 0.6 is 11.3 Å². The van der Waals surface area contributed by atoms with Gasteiger partial charge in [0.05, 0.1) is 24.0 Å². The lowest BCUT2D eigenvalue weighted by Gasteiger charge is -2.21. The van der Waals surface area contributed by atoms with Crippen LogP contribution in [-0.2, 0) is 10.2 Å². The van der Waals surface area contributed by atoms with Gasteiger partial charge in [-0.3, -0.25) is 0 Å². The average molecular weight is 546 g/mol. The van der Waals surface area contributed by atoms with Crippen molar-refractivity contribution in [3.8, 4) is 10.6 Å². The van der Waals surface area contributed by atoms with Gasteiger partial charge in [0.25, 0.3) is 10.2 Å². The topological polar surface area (TPSA) is 156 Å². The Kier molecular flexibility index (Phi) is 6.75. The molecule has 1 aliphatic heterocycles. The number of aliphatic hydroxyl groups excluding tert-OH is 2. The summed E-state index contributed by atoms with van der Waals surface area (Å²) in [6.07, 6.45) is 9.43. The highest BCUT2D eigenvalue weighted by molar-refractivity contribution is 7.87. The fourth-order valence-electron chi connectivity index (χ4n) is 5.84. The lowest BCUT2D eigenvalue weighted by Crippen LogP contribution is -2.41. The largest absolute Gasteiger partial charge is 0.395 e. The SMILES string of the molecule is O=S(=O)(NCCO)N1C[C@H]2CC(Nc3c(-c4nnc(C5=CCC(O)CC5)s4)cnc4[nH]ccc34)C[C@H]2C1. The molecule has 11 nitrogen and oxygen atoms in total. The summed E-state index contributed by atoms with van der Waals surface area (Å²) in [6.45, 7) is 0.804. The van der Waals surface area contributed by atoms with Crippen LogP contribution in [0.1, 0.15) is 37.1 Å². The standard InChI is InChI=1S/C24H31N7O4S2/c32-8-7-27-37(34,35)31-12-15-9-17(10-16(15)13-31)28-21-19-5-6-25-22(19)26-11-20(21)24-30-29-23(36-24)14-1-3-18(33)4-2-14/h1,5-6,11,15-18,27,32-33H,2-4,7-10,12-13H2,(H2,25,26,28)/t15-,16+,17?,18?. The van der Waals surface area contributed by atoms with E-state index in [-0.39, 0.29) is 37.1 Å². The maximum Gasteiger partial charge on any atom is 0.279 e. The molecule has 0 bridgehead atoms. The molecule has 3 aliphatic rings. The van der Waals surface area contributed by atoms with Crippen LogP contribution in [0.15, 0.2) is 24.5 Å². The van der Waals surface area contributed by atoms with Gasteiger partial charge < -0.3 is 20.5 Å². The molecule has 0 radical (unpaired) electrons. The smallest absolute Gasteiger partial charge is 0.279 e. The Balaban J connectivity index is 1.21. The molecule has 1 saturated heterocycles. The van der Waals surface area contributed by atoms with Crippen LogP contribution in [0.2, 0.25) is 0 Å². The van der Waals surface area contributed by atoms with Crippen LogP contribution in [0.4, 0.5) is 5.69 Å². The maximum atomic E-state index is 12.5. The van der Waals surface area contributed by atoms with E-state index in [1.807, 2.05) is 18.5 Å². The Bertz CT molecular complexity index is 1410. The summed E-state index contributed by atoms with van der Waals surface area (Å²) in [5, 5.41) is 34.2. The Labute approximate surface area is 219 Å².